The van der Waals surface area contributed by atoms with E-state index in [1.165, 1.54) is 0 Å². The molecule has 1 rings (SSSR count). The van der Waals surface area contributed by atoms with Crippen molar-refractivity contribution in [2.75, 3.05) is 6.54 Å². The van der Waals surface area contributed by atoms with Crippen molar-refractivity contribution in [3.05, 3.63) is 29.8 Å². The lowest BCUT2D eigenvalue weighted by atomic mass is 9.83. The van der Waals surface area contributed by atoms with Crippen LogP contribution in [0, 0.1) is 5.41 Å². The van der Waals surface area contributed by atoms with E-state index in [-0.39, 0.29) is 16.4 Å². The normalized spacial score (nSPS) is 14.4. The van der Waals surface area contributed by atoms with E-state index in [1.54, 1.807) is 12.1 Å². The first-order chi connectivity index (χ1) is 8.66. The number of hydrogen-bond donors (Lipinski definition) is 2. The number of primary sulfonamides is 1. The van der Waals surface area contributed by atoms with Gasteiger partial charge in [-0.2, -0.15) is 0 Å². The molecule has 0 aliphatic heterocycles. The van der Waals surface area contributed by atoms with Crippen LogP contribution in [-0.2, 0) is 16.4 Å². The first-order valence-corrected chi connectivity index (χ1v) is 8.05. The monoisotopic (exact) mass is 284 g/mol. The van der Waals surface area contributed by atoms with Crippen molar-refractivity contribution in [1.29, 1.82) is 0 Å². The molecule has 0 amide bonds. The maximum atomic E-state index is 11.6. The summed E-state index contributed by atoms with van der Waals surface area (Å²) in [7, 11) is -3.67. The van der Waals surface area contributed by atoms with E-state index >= 15 is 0 Å². The number of likely N-dealkylation sites (N-methyl/N-ethyl adjacent to an activating group) is 1. The maximum Gasteiger partial charge on any atom is 0.238 e. The van der Waals surface area contributed by atoms with Gasteiger partial charge in [-0.25, -0.2) is 13.6 Å². The molecule has 108 valence electrons. The number of nitrogens with one attached hydrogen (secondary N) is 1. The highest BCUT2D eigenvalue weighted by molar-refractivity contribution is 7.89. The highest BCUT2D eigenvalue weighted by Gasteiger charge is 2.26. The summed E-state index contributed by atoms with van der Waals surface area (Å²) in [4.78, 5) is 0.224. The van der Waals surface area contributed by atoms with Crippen molar-refractivity contribution in [1.82, 2.24) is 5.32 Å². The molecule has 0 aromatic heterocycles. The quantitative estimate of drug-likeness (QED) is 0.867. The Hall–Kier alpha value is -0.910. The summed E-state index contributed by atoms with van der Waals surface area (Å²) < 4.78 is 23.2. The number of nitrogens with two attached hydrogens (primary N) is 1. The SMILES string of the molecule is CCNC(Cc1ccccc1S(N)(=O)=O)C(C)(C)C. The van der Waals surface area contributed by atoms with Gasteiger partial charge in [0.2, 0.25) is 10.0 Å². The number of rotatable bonds is 5. The molecule has 1 atom stereocenters. The lowest BCUT2D eigenvalue weighted by Gasteiger charge is -2.32. The molecule has 19 heavy (non-hydrogen) atoms. The molecule has 5 heteroatoms. The van der Waals surface area contributed by atoms with Gasteiger partial charge < -0.3 is 5.32 Å². The van der Waals surface area contributed by atoms with Crippen molar-refractivity contribution < 1.29 is 8.42 Å². The fourth-order valence-corrected chi connectivity index (χ4v) is 2.89. The third-order valence-corrected chi connectivity index (χ3v) is 4.21. The maximum absolute atomic E-state index is 11.6. The van der Waals surface area contributed by atoms with Crippen LogP contribution in [0.1, 0.15) is 33.3 Å². The average molecular weight is 284 g/mol. The van der Waals surface area contributed by atoms with Crippen LogP contribution < -0.4 is 10.5 Å². The van der Waals surface area contributed by atoms with E-state index in [4.69, 9.17) is 5.14 Å². The predicted molar refractivity (Wildman–Crippen MR) is 78.4 cm³/mol. The van der Waals surface area contributed by atoms with Gasteiger partial charge in [-0.15, -0.1) is 0 Å². The van der Waals surface area contributed by atoms with E-state index in [0.717, 1.165) is 12.1 Å². The molecule has 1 aromatic carbocycles. The second-order valence-electron chi connectivity index (χ2n) is 5.83. The third-order valence-electron chi connectivity index (χ3n) is 3.20. The highest BCUT2D eigenvalue weighted by Crippen LogP contribution is 2.25. The minimum Gasteiger partial charge on any atom is -0.313 e. The molecule has 0 aliphatic rings. The first-order valence-electron chi connectivity index (χ1n) is 6.50. The number of hydrogen-bond acceptors (Lipinski definition) is 3. The van der Waals surface area contributed by atoms with Gasteiger partial charge >= 0.3 is 0 Å². The summed E-state index contributed by atoms with van der Waals surface area (Å²) in [5.41, 5.74) is 0.812. The second-order valence-corrected chi connectivity index (χ2v) is 7.36. The van der Waals surface area contributed by atoms with Crippen LogP contribution in [0.5, 0.6) is 0 Å². The Balaban J connectivity index is 3.11. The average Bonchev–Trinajstić information content (AvgIpc) is 2.26. The smallest absolute Gasteiger partial charge is 0.238 e. The van der Waals surface area contributed by atoms with E-state index in [1.807, 2.05) is 19.1 Å². The first kappa shape index (κ1) is 16.1. The van der Waals surface area contributed by atoms with Gasteiger partial charge in [0.25, 0.3) is 0 Å². The van der Waals surface area contributed by atoms with Crippen LogP contribution in [-0.4, -0.2) is 21.0 Å². The zero-order valence-electron chi connectivity index (χ0n) is 12.1. The Morgan fingerprint density at radius 2 is 1.84 bits per heavy atom. The van der Waals surface area contributed by atoms with Crippen molar-refractivity contribution in [3.63, 3.8) is 0 Å². The molecule has 0 heterocycles. The van der Waals surface area contributed by atoms with Gasteiger partial charge in [0.05, 0.1) is 4.90 Å². The molecular formula is C14H24N2O2S. The van der Waals surface area contributed by atoms with Gasteiger partial charge in [0, 0.05) is 6.04 Å². The highest BCUT2D eigenvalue weighted by atomic mass is 32.2. The molecule has 1 unspecified atom stereocenters. The predicted octanol–water partition coefficient (Wildman–Crippen LogP) is 1.90. The number of sulfonamides is 1. The summed E-state index contributed by atoms with van der Waals surface area (Å²) in [6, 6.07) is 7.13. The zero-order chi connectivity index (χ0) is 14.7. The third kappa shape index (κ3) is 4.60. The molecule has 0 aliphatic carbocycles. The van der Waals surface area contributed by atoms with Crippen LogP contribution in [0.15, 0.2) is 29.2 Å². The summed E-state index contributed by atoms with van der Waals surface area (Å²) in [5, 5.41) is 8.68. The van der Waals surface area contributed by atoms with Crippen LogP contribution in [0.4, 0.5) is 0 Å². The zero-order valence-corrected chi connectivity index (χ0v) is 12.9. The Labute approximate surface area is 116 Å². The molecule has 0 spiro atoms. The van der Waals surface area contributed by atoms with E-state index in [0.29, 0.717) is 6.42 Å². The van der Waals surface area contributed by atoms with E-state index in [9.17, 15) is 8.42 Å². The molecule has 0 bridgehead atoms. The summed E-state index contributed by atoms with van der Waals surface area (Å²) in [6.45, 7) is 9.31. The van der Waals surface area contributed by atoms with Gasteiger partial charge in [-0.3, -0.25) is 0 Å². The van der Waals surface area contributed by atoms with Gasteiger partial charge in [0.15, 0.2) is 0 Å². The molecule has 0 radical (unpaired) electrons. The Morgan fingerprint density at radius 3 is 2.32 bits per heavy atom. The standard InChI is InChI=1S/C14H24N2O2S/c1-5-16-13(14(2,3)4)10-11-8-6-7-9-12(11)19(15,17)18/h6-9,13,16H,5,10H2,1-4H3,(H2,15,17,18). The lowest BCUT2D eigenvalue weighted by molar-refractivity contribution is 0.269. The van der Waals surface area contributed by atoms with Crippen molar-refractivity contribution >= 4 is 10.0 Å². The van der Waals surface area contributed by atoms with Gasteiger partial charge in [-0.1, -0.05) is 45.9 Å². The molecule has 0 fully saturated rings. The fraction of sp³-hybridized carbons (Fsp3) is 0.571. The molecule has 3 N–H and O–H groups in total. The van der Waals surface area contributed by atoms with Crippen molar-refractivity contribution in [2.45, 2.75) is 45.1 Å². The van der Waals surface area contributed by atoms with Gasteiger partial charge in [0.1, 0.15) is 0 Å². The molecule has 0 saturated carbocycles. The van der Waals surface area contributed by atoms with Crippen molar-refractivity contribution in [2.24, 2.45) is 10.6 Å². The summed E-state index contributed by atoms with van der Waals surface area (Å²) in [6.07, 6.45) is 0.643. The van der Waals surface area contributed by atoms with Crippen molar-refractivity contribution in [3.8, 4) is 0 Å². The Kier molecular flexibility index (Phi) is 5.12. The van der Waals surface area contributed by atoms with Crippen LogP contribution in [0.3, 0.4) is 0 Å². The second kappa shape index (κ2) is 6.03. The summed E-state index contributed by atoms with van der Waals surface area (Å²) in [5.74, 6) is 0. The van der Waals surface area contributed by atoms with Crippen LogP contribution >= 0.6 is 0 Å². The Morgan fingerprint density at radius 1 is 1.26 bits per heavy atom. The van der Waals surface area contributed by atoms with Crippen LogP contribution in [0.25, 0.3) is 0 Å². The lowest BCUT2D eigenvalue weighted by Crippen LogP contribution is -2.42. The Bertz CT molecular complexity index is 518. The minimum absolute atomic E-state index is 0.0431. The van der Waals surface area contributed by atoms with Gasteiger partial charge in [-0.05, 0) is 30.0 Å². The summed E-state index contributed by atoms with van der Waals surface area (Å²) >= 11 is 0. The minimum atomic E-state index is -3.67. The molecule has 0 saturated heterocycles. The molecular weight excluding hydrogens is 260 g/mol. The molecule has 4 nitrogen and oxygen atoms in total. The fourth-order valence-electron chi connectivity index (χ4n) is 2.10. The topological polar surface area (TPSA) is 72.2 Å². The van der Waals surface area contributed by atoms with E-state index < -0.39 is 10.0 Å². The molecule has 1 aromatic rings. The van der Waals surface area contributed by atoms with E-state index in [2.05, 4.69) is 26.1 Å². The number of benzene rings is 1. The van der Waals surface area contributed by atoms with Crippen LogP contribution in [0.2, 0.25) is 0 Å². The largest absolute Gasteiger partial charge is 0.313 e.